The van der Waals surface area contributed by atoms with Crippen LogP contribution in [0.25, 0.3) is 66.8 Å². The molecule has 15 aromatic carbocycles. The van der Waals surface area contributed by atoms with Gasteiger partial charge in [-0.05, 0) is 250 Å². The number of hydrogen-bond donors (Lipinski definition) is 0. The van der Waals surface area contributed by atoms with Crippen LogP contribution in [0.2, 0.25) is 0 Å². The Kier molecular flexibility index (Phi) is 23.5. The third kappa shape index (κ3) is 18.0. The first-order valence-electron chi connectivity index (χ1n) is 37.6. The SMILES string of the molecule is N#Cc1ccc(Oc2cccc(-c3cccc(OP(=O)(Oc4cccc(-c5cccc(Oc6ccc(C#N)c(C#N)c6)c5)c4-c4cccc(Oc5ccc(C#N)c(C#N)c5)c4)Oc4cccc(-c5cccc(Oc6ccc(C#N)c(C#N)c6)c5)c4-c4cccc(Oc5ccc(C#N)c(C#N)c5)c4)c3-c3cccc(Oc4ccc(C#N)c(C#N)c4)c3)c2)cc1C#N. The largest absolute Gasteiger partial charge is 0.647 e. The lowest BCUT2D eigenvalue weighted by Gasteiger charge is -2.26. The number of rotatable bonds is 24. The predicted molar refractivity (Wildman–Crippen MR) is 457 cm³/mol. The number of benzene rings is 15. The second-order valence-electron chi connectivity index (χ2n) is 27.1. The Hall–Kier alpha value is -19.4. The van der Waals surface area contributed by atoms with E-state index >= 15 is 4.57 Å². The first-order chi connectivity index (χ1) is 61.1. The van der Waals surface area contributed by atoms with Gasteiger partial charge in [-0.2, -0.15) is 67.7 Å². The minimum atomic E-state index is -5.61. The third-order valence-electron chi connectivity index (χ3n) is 19.3. The van der Waals surface area contributed by atoms with E-state index in [0.717, 1.165) is 0 Å². The van der Waals surface area contributed by atoms with Gasteiger partial charge in [0.05, 0.1) is 66.8 Å². The summed E-state index contributed by atoms with van der Waals surface area (Å²) in [6.07, 6.45) is 0. The van der Waals surface area contributed by atoms with E-state index in [1.807, 2.05) is 54.6 Å². The molecule has 0 N–H and O–H groups in total. The third-order valence-corrected chi connectivity index (χ3v) is 20.6. The van der Waals surface area contributed by atoms with Crippen LogP contribution < -0.4 is 42.0 Å². The van der Waals surface area contributed by atoms with Gasteiger partial charge < -0.3 is 42.0 Å². The molecule has 0 aliphatic rings. The number of phosphoric ester groups is 1. The highest BCUT2D eigenvalue weighted by Gasteiger charge is 2.38. The maximum Gasteiger partial charge on any atom is 0.647 e. The molecule has 15 aromatic rings. The molecule has 0 aliphatic carbocycles. The quantitative estimate of drug-likeness (QED) is 0.0507. The molecule has 125 heavy (non-hydrogen) atoms. The molecule has 15 rings (SSSR count). The Morgan fingerprint density at radius 1 is 0.176 bits per heavy atom. The van der Waals surface area contributed by atoms with Gasteiger partial charge in [-0.1, -0.05) is 109 Å². The first-order valence-corrected chi connectivity index (χ1v) is 39.0. The van der Waals surface area contributed by atoms with Gasteiger partial charge in [0.1, 0.15) is 159 Å². The molecule has 22 nitrogen and oxygen atoms in total. The van der Waals surface area contributed by atoms with Crippen molar-refractivity contribution >= 4 is 7.82 Å². The highest BCUT2D eigenvalue weighted by molar-refractivity contribution is 7.49. The molecule has 0 spiro atoms. The molecule has 23 heteroatoms. The summed E-state index contributed by atoms with van der Waals surface area (Å²) < 4.78 is 78.7. The highest BCUT2D eigenvalue weighted by atomic mass is 31.2. The minimum Gasteiger partial charge on any atom is -0.457 e. The fourth-order valence-corrected chi connectivity index (χ4v) is 14.9. The Labute approximate surface area is 715 Å². The van der Waals surface area contributed by atoms with Crippen molar-refractivity contribution in [2.24, 2.45) is 0 Å². The standard InChI is InChI=1S/C102H51N12O10P/c103-52-70-28-34-88(46-76(70)58-109)116-82-16-1-10-64(40-82)94-22-7-25-97(100(94)67-13-4-19-85(43-67)119-91-37-31-73(55-106)79(49-91)61-112)122-125(115,123-98-26-8-23-95(65-11-2-17-83(41-65)117-89-35-29-71(53-104)77(47-89)59-110)101(98)68-14-5-20-86(44-68)120-92-38-32-74(56-107)80(50-92)62-113)124-99-27-9-24-96(66-12-3-18-84(42-66)118-90-36-30-72(54-105)78(48-90)60-111)102(99)69-15-6-21-87(45-69)121-93-39-33-75(57-108)81(51-93)63-114/h1-51H. The Morgan fingerprint density at radius 3 is 0.536 bits per heavy atom. The summed E-state index contributed by atoms with van der Waals surface area (Å²) in [4.78, 5) is 0. The van der Waals surface area contributed by atoms with Crippen LogP contribution >= 0.6 is 7.82 Å². The summed E-state index contributed by atoms with van der Waals surface area (Å²) in [6, 6.07) is 107. The number of nitriles is 12. The van der Waals surface area contributed by atoms with Crippen molar-refractivity contribution in [1.82, 2.24) is 0 Å². The summed E-state index contributed by atoms with van der Waals surface area (Å²) in [5, 5.41) is 120. The zero-order chi connectivity index (χ0) is 86.9. The van der Waals surface area contributed by atoms with Crippen LogP contribution in [0.5, 0.6) is 86.2 Å². The van der Waals surface area contributed by atoms with Crippen molar-refractivity contribution in [3.8, 4) is 226 Å². The van der Waals surface area contributed by atoms with E-state index in [9.17, 15) is 63.1 Å². The Bertz CT molecular complexity index is 6850. The molecule has 0 aliphatic heterocycles. The second kappa shape index (κ2) is 36.4. The lowest BCUT2D eigenvalue weighted by molar-refractivity contribution is 0.299. The van der Waals surface area contributed by atoms with Crippen molar-refractivity contribution in [3.63, 3.8) is 0 Å². The lowest BCUT2D eigenvalue weighted by atomic mass is 9.93. The second-order valence-corrected chi connectivity index (χ2v) is 28.6. The van der Waals surface area contributed by atoms with Crippen LogP contribution in [-0.2, 0) is 4.57 Å². The van der Waals surface area contributed by atoms with Gasteiger partial charge >= 0.3 is 7.82 Å². The first kappa shape index (κ1) is 80.8. The normalized spacial score (nSPS) is 10.3. The van der Waals surface area contributed by atoms with Crippen molar-refractivity contribution in [1.29, 1.82) is 63.1 Å². The number of nitrogens with zero attached hydrogens (tertiary/aromatic N) is 12. The Morgan fingerprint density at radius 2 is 0.344 bits per heavy atom. The molecule has 0 aromatic heterocycles. The zero-order valence-electron chi connectivity index (χ0n) is 64.8. The highest BCUT2D eigenvalue weighted by Crippen LogP contribution is 2.58. The van der Waals surface area contributed by atoms with Crippen molar-refractivity contribution < 1.29 is 46.6 Å². The fraction of sp³-hybridized carbons (Fsp3) is 0. The molecule has 0 atom stereocenters. The van der Waals surface area contributed by atoms with E-state index in [4.69, 9.17) is 42.0 Å². The maximum atomic E-state index is 18.1. The number of ether oxygens (including phenoxy) is 6. The van der Waals surface area contributed by atoms with Gasteiger partial charge in [-0.15, -0.1) is 0 Å². The van der Waals surface area contributed by atoms with E-state index in [1.54, 1.807) is 237 Å². The van der Waals surface area contributed by atoms with Crippen LogP contribution in [0.1, 0.15) is 66.8 Å². The van der Waals surface area contributed by atoms with Crippen LogP contribution in [0.3, 0.4) is 0 Å². The minimum absolute atomic E-state index is 0.0575. The monoisotopic (exact) mass is 1630 g/mol. The van der Waals surface area contributed by atoms with Crippen LogP contribution in [0.15, 0.2) is 309 Å². The van der Waals surface area contributed by atoms with Crippen LogP contribution in [-0.4, -0.2) is 0 Å². The average molecular weight is 1640 g/mol. The van der Waals surface area contributed by atoms with E-state index < -0.39 is 7.82 Å². The smallest absolute Gasteiger partial charge is 0.457 e. The van der Waals surface area contributed by atoms with Crippen molar-refractivity contribution in [3.05, 3.63) is 376 Å². The van der Waals surface area contributed by atoms with Crippen molar-refractivity contribution in [2.75, 3.05) is 0 Å². The van der Waals surface area contributed by atoms with Crippen LogP contribution in [0.4, 0.5) is 0 Å². The molecule has 0 unspecified atom stereocenters. The van der Waals surface area contributed by atoms with Gasteiger partial charge in [0.2, 0.25) is 0 Å². The van der Waals surface area contributed by atoms with E-state index in [1.165, 1.54) is 72.8 Å². The summed E-state index contributed by atoms with van der Waals surface area (Å²) in [7, 11) is -5.61. The fourth-order valence-electron chi connectivity index (χ4n) is 13.7. The molecular weight excluding hydrogens is 1580 g/mol. The number of hydrogen-bond acceptors (Lipinski definition) is 22. The van der Waals surface area contributed by atoms with Crippen molar-refractivity contribution in [2.45, 2.75) is 0 Å². The molecular formula is C102H51N12O10P. The van der Waals surface area contributed by atoms with Crippen LogP contribution in [0, 0.1) is 136 Å². The van der Waals surface area contributed by atoms with E-state index in [2.05, 4.69) is 18.2 Å². The molecule has 0 heterocycles. The Balaban J connectivity index is 0.962. The molecule has 0 saturated heterocycles. The van der Waals surface area contributed by atoms with Gasteiger partial charge in [0.25, 0.3) is 0 Å². The zero-order valence-corrected chi connectivity index (χ0v) is 65.7. The van der Waals surface area contributed by atoms with Gasteiger partial charge in [0, 0.05) is 16.7 Å². The number of phosphoric acid groups is 1. The van der Waals surface area contributed by atoms with Gasteiger partial charge in [-0.3, -0.25) is 0 Å². The van der Waals surface area contributed by atoms with Gasteiger partial charge in [-0.25, -0.2) is 0 Å². The van der Waals surface area contributed by atoms with Gasteiger partial charge in [0.15, 0.2) is 0 Å². The molecule has 584 valence electrons. The predicted octanol–water partition coefficient (Wildman–Crippen LogP) is 24.5. The molecule has 0 radical (unpaired) electrons. The summed E-state index contributed by atoms with van der Waals surface area (Å²) >= 11 is 0. The molecule has 0 bridgehead atoms. The summed E-state index contributed by atoms with van der Waals surface area (Å²) in [5.74, 6) is 2.46. The topological polar surface area (TPSA) is 386 Å². The lowest BCUT2D eigenvalue weighted by Crippen LogP contribution is -2.10. The maximum absolute atomic E-state index is 18.1. The van der Waals surface area contributed by atoms with E-state index in [-0.39, 0.29) is 170 Å². The van der Waals surface area contributed by atoms with E-state index in [0.29, 0.717) is 50.1 Å². The summed E-state index contributed by atoms with van der Waals surface area (Å²) in [5.41, 5.74) is 5.78. The summed E-state index contributed by atoms with van der Waals surface area (Å²) in [6.45, 7) is 0. The molecule has 0 fully saturated rings. The average Bonchev–Trinajstić information content (AvgIpc) is 0.760. The molecule has 0 amide bonds. The molecule has 0 saturated carbocycles.